The second-order valence-electron chi connectivity index (χ2n) is 4.93. The summed E-state index contributed by atoms with van der Waals surface area (Å²) in [5.41, 5.74) is 0. The van der Waals surface area contributed by atoms with Crippen molar-refractivity contribution >= 4 is 21.7 Å². The van der Waals surface area contributed by atoms with Gasteiger partial charge in [0.15, 0.2) is 5.82 Å². The van der Waals surface area contributed by atoms with Crippen LogP contribution in [0.4, 0.5) is 5.82 Å². The molecular weight excluding hydrogens is 282 g/mol. The number of carbonyl (C=O) groups is 1. The number of hydrogen-bond acceptors (Lipinski definition) is 5. The molecule has 1 aromatic heterocycles. The summed E-state index contributed by atoms with van der Waals surface area (Å²) in [6, 6.07) is 0. The monoisotopic (exact) mass is 301 g/mol. The molecule has 0 unspecified atom stereocenters. The Labute approximate surface area is 118 Å². The van der Waals surface area contributed by atoms with E-state index in [1.54, 1.807) is 0 Å². The van der Waals surface area contributed by atoms with Gasteiger partial charge in [0, 0.05) is 13.1 Å². The summed E-state index contributed by atoms with van der Waals surface area (Å²) in [4.78, 5) is 15.1. The van der Waals surface area contributed by atoms with Gasteiger partial charge in [-0.3, -0.25) is 9.52 Å². The number of rotatable bonds is 4. The van der Waals surface area contributed by atoms with E-state index in [9.17, 15) is 13.2 Å². The van der Waals surface area contributed by atoms with Gasteiger partial charge in [-0.2, -0.15) is 9.90 Å². The summed E-state index contributed by atoms with van der Waals surface area (Å²) < 4.78 is 24.3. The average molecular weight is 301 g/mol. The van der Waals surface area contributed by atoms with Crippen LogP contribution in [0.2, 0.25) is 0 Å². The molecule has 0 saturated carbocycles. The SMILES string of the molecule is CS(=O)(=O)Nc1cnn(CC(=O)N2CCCCCC2)n1. The van der Waals surface area contributed by atoms with Crippen molar-refractivity contribution in [3.05, 3.63) is 6.20 Å². The largest absolute Gasteiger partial charge is 0.341 e. The molecule has 9 heteroatoms. The third kappa shape index (κ3) is 4.48. The van der Waals surface area contributed by atoms with Crippen molar-refractivity contribution in [1.82, 2.24) is 19.9 Å². The maximum atomic E-state index is 12.1. The lowest BCUT2D eigenvalue weighted by Gasteiger charge is -2.19. The number of sulfonamides is 1. The second kappa shape index (κ2) is 6.21. The van der Waals surface area contributed by atoms with Gasteiger partial charge in [-0.25, -0.2) is 8.42 Å². The molecule has 0 bridgehead atoms. The topological polar surface area (TPSA) is 97.2 Å². The molecule has 1 aliphatic heterocycles. The molecular formula is C11H19N5O3S. The van der Waals surface area contributed by atoms with E-state index in [0.29, 0.717) is 0 Å². The van der Waals surface area contributed by atoms with Crippen LogP contribution in [0, 0.1) is 0 Å². The summed E-state index contributed by atoms with van der Waals surface area (Å²) in [5.74, 6) is 0.0876. The lowest BCUT2D eigenvalue weighted by atomic mass is 10.2. The number of aromatic nitrogens is 3. The molecule has 0 atom stereocenters. The van der Waals surface area contributed by atoms with Gasteiger partial charge in [0.1, 0.15) is 6.54 Å². The predicted octanol–water partition coefficient (Wildman–Crippen LogP) is 0.0522. The molecule has 1 fully saturated rings. The zero-order chi connectivity index (χ0) is 14.6. The van der Waals surface area contributed by atoms with Crippen LogP contribution in [0.1, 0.15) is 25.7 Å². The Kier molecular flexibility index (Phi) is 4.58. The molecule has 2 heterocycles. The standard InChI is InChI=1S/C11H19N5O3S/c1-20(18,19)14-10-8-12-16(13-10)9-11(17)15-6-4-2-3-5-7-15/h8H,2-7,9H2,1H3,(H,13,14). The maximum absolute atomic E-state index is 12.1. The van der Waals surface area contributed by atoms with Gasteiger partial charge in [0.2, 0.25) is 15.9 Å². The van der Waals surface area contributed by atoms with Gasteiger partial charge in [0.05, 0.1) is 12.5 Å². The minimum absolute atomic E-state index is 0.0332. The van der Waals surface area contributed by atoms with Gasteiger partial charge < -0.3 is 4.90 Å². The molecule has 1 aliphatic rings. The van der Waals surface area contributed by atoms with Crippen LogP contribution in [0.3, 0.4) is 0 Å². The van der Waals surface area contributed by atoms with Gasteiger partial charge >= 0.3 is 0 Å². The number of amides is 1. The number of hydrogen-bond donors (Lipinski definition) is 1. The third-order valence-electron chi connectivity index (χ3n) is 3.06. The van der Waals surface area contributed by atoms with E-state index in [-0.39, 0.29) is 18.3 Å². The fourth-order valence-electron chi connectivity index (χ4n) is 2.15. The third-order valence-corrected chi connectivity index (χ3v) is 3.64. The highest BCUT2D eigenvalue weighted by molar-refractivity contribution is 7.92. The van der Waals surface area contributed by atoms with E-state index in [2.05, 4.69) is 14.9 Å². The van der Waals surface area contributed by atoms with Crippen molar-refractivity contribution in [2.24, 2.45) is 0 Å². The minimum atomic E-state index is -3.38. The molecule has 20 heavy (non-hydrogen) atoms. The number of nitrogens with zero attached hydrogens (tertiary/aromatic N) is 4. The molecule has 2 rings (SSSR count). The average Bonchev–Trinajstić information content (AvgIpc) is 2.63. The quantitative estimate of drug-likeness (QED) is 0.847. The van der Waals surface area contributed by atoms with E-state index < -0.39 is 10.0 Å². The molecule has 0 spiro atoms. The maximum Gasteiger partial charge on any atom is 0.246 e. The number of nitrogens with one attached hydrogen (secondary N) is 1. The van der Waals surface area contributed by atoms with Gasteiger partial charge in [-0.15, -0.1) is 5.10 Å². The molecule has 0 aliphatic carbocycles. The first-order valence-corrected chi connectivity index (χ1v) is 8.49. The Balaban J connectivity index is 1.94. The normalized spacial score (nSPS) is 16.8. The van der Waals surface area contributed by atoms with E-state index in [0.717, 1.165) is 45.0 Å². The highest BCUT2D eigenvalue weighted by atomic mass is 32.2. The predicted molar refractivity (Wildman–Crippen MR) is 73.5 cm³/mol. The lowest BCUT2D eigenvalue weighted by Crippen LogP contribution is -2.35. The van der Waals surface area contributed by atoms with Crippen LogP contribution in [0.25, 0.3) is 0 Å². The summed E-state index contributed by atoms with van der Waals surface area (Å²) in [7, 11) is -3.38. The van der Waals surface area contributed by atoms with E-state index in [1.807, 2.05) is 4.90 Å². The van der Waals surface area contributed by atoms with Crippen LogP contribution < -0.4 is 4.72 Å². The first-order valence-electron chi connectivity index (χ1n) is 6.60. The fourth-order valence-corrected chi connectivity index (χ4v) is 2.62. The number of carbonyl (C=O) groups excluding carboxylic acids is 1. The fraction of sp³-hybridized carbons (Fsp3) is 0.727. The second-order valence-corrected chi connectivity index (χ2v) is 6.68. The summed E-state index contributed by atoms with van der Waals surface area (Å²) in [5, 5.41) is 7.81. The molecule has 8 nitrogen and oxygen atoms in total. The molecule has 1 aromatic rings. The van der Waals surface area contributed by atoms with Crippen molar-refractivity contribution < 1.29 is 13.2 Å². The first kappa shape index (κ1) is 14.8. The number of anilines is 1. The van der Waals surface area contributed by atoms with Crippen molar-refractivity contribution in [3.63, 3.8) is 0 Å². The molecule has 112 valence electrons. The van der Waals surface area contributed by atoms with Crippen LogP contribution in [-0.4, -0.2) is 53.6 Å². The Bertz CT molecular complexity index is 560. The van der Waals surface area contributed by atoms with Crippen molar-refractivity contribution in [2.75, 3.05) is 24.1 Å². The van der Waals surface area contributed by atoms with Crippen LogP contribution >= 0.6 is 0 Å². The Hall–Kier alpha value is -1.64. The summed E-state index contributed by atoms with van der Waals surface area (Å²) in [6.07, 6.45) is 6.70. The Morgan fingerprint density at radius 2 is 1.95 bits per heavy atom. The van der Waals surface area contributed by atoms with Crippen molar-refractivity contribution in [3.8, 4) is 0 Å². The van der Waals surface area contributed by atoms with Gasteiger partial charge in [-0.1, -0.05) is 12.8 Å². The molecule has 1 saturated heterocycles. The van der Waals surface area contributed by atoms with Crippen LogP contribution in [0.5, 0.6) is 0 Å². The highest BCUT2D eigenvalue weighted by Crippen LogP contribution is 2.10. The molecule has 0 aromatic carbocycles. The minimum Gasteiger partial charge on any atom is -0.341 e. The Morgan fingerprint density at radius 1 is 1.30 bits per heavy atom. The highest BCUT2D eigenvalue weighted by Gasteiger charge is 2.17. The van der Waals surface area contributed by atoms with E-state index in [4.69, 9.17) is 0 Å². The Morgan fingerprint density at radius 3 is 2.55 bits per heavy atom. The molecule has 0 radical (unpaired) electrons. The molecule has 1 N–H and O–H groups in total. The van der Waals surface area contributed by atoms with E-state index >= 15 is 0 Å². The zero-order valence-electron chi connectivity index (χ0n) is 11.4. The smallest absolute Gasteiger partial charge is 0.246 e. The summed E-state index contributed by atoms with van der Waals surface area (Å²) >= 11 is 0. The lowest BCUT2D eigenvalue weighted by molar-refractivity contribution is -0.132. The van der Waals surface area contributed by atoms with Crippen LogP contribution in [0.15, 0.2) is 6.20 Å². The zero-order valence-corrected chi connectivity index (χ0v) is 12.3. The van der Waals surface area contributed by atoms with E-state index in [1.165, 1.54) is 11.0 Å². The summed E-state index contributed by atoms with van der Waals surface area (Å²) in [6.45, 7) is 1.58. The first-order chi connectivity index (χ1) is 9.44. The van der Waals surface area contributed by atoms with Gasteiger partial charge in [-0.05, 0) is 12.8 Å². The van der Waals surface area contributed by atoms with Crippen molar-refractivity contribution in [1.29, 1.82) is 0 Å². The van der Waals surface area contributed by atoms with Gasteiger partial charge in [0.25, 0.3) is 0 Å². The van der Waals surface area contributed by atoms with Crippen molar-refractivity contribution in [2.45, 2.75) is 32.2 Å². The number of likely N-dealkylation sites (tertiary alicyclic amines) is 1. The van der Waals surface area contributed by atoms with Crippen LogP contribution in [-0.2, 0) is 21.4 Å². The molecule has 1 amide bonds.